The van der Waals surface area contributed by atoms with Gasteiger partial charge in [-0.2, -0.15) is 0 Å². The van der Waals surface area contributed by atoms with Gasteiger partial charge in [0.05, 0.1) is 6.61 Å². The molecule has 0 bridgehead atoms. The van der Waals surface area contributed by atoms with Crippen LogP contribution in [0, 0.1) is 0 Å². The number of H-pyrrole nitrogens is 1. The quantitative estimate of drug-likeness (QED) is 0.891. The smallest absolute Gasteiger partial charge is 0.267 e. The Morgan fingerprint density at radius 3 is 2.87 bits per heavy atom. The first-order valence-corrected chi connectivity index (χ1v) is 8.04. The van der Waals surface area contributed by atoms with E-state index in [0.29, 0.717) is 18.7 Å². The molecule has 1 aliphatic rings. The summed E-state index contributed by atoms with van der Waals surface area (Å²) in [5.74, 6) is 1.07. The van der Waals surface area contributed by atoms with Gasteiger partial charge in [0.15, 0.2) is 0 Å². The van der Waals surface area contributed by atoms with E-state index in [2.05, 4.69) is 17.2 Å². The fraction of sp³-hybridized carbons (Fsp3) is 0.444. The second-order valence-corrected chi connectivity index (χ2v) is 6.20. The predicted molar refractivity (Wildman–Crippen MR) is 89.2 cm³/mol. The summed E-state index contributed by atoms with van der Waals surface area (Å²) in [6.45, 7) is 4.36. The highest BCUT2D eigenvalue weighted by Crippen LogP contribution is 2.39. The molecule has 2 heterocycles. The molecule has 0 radical (unpaired) electrons. The Bertz CT molecular complexity index is 776. The molecule has 0 spiro atoms. The number of ether oxygens (including phenoxy) is 1. The number of aromatic amines is 1. The van der Waals surface area contributed by atoms with E-state index in [0.717, 1.165) is 35.1 Å². The van der Waals surface area contributed by atoms with Crippen LogP contribution in [0.3, 0.4) is 0 Å². The first-order chi connectivity index (χ1) is 11.0. The summed E-state index contributed by atoms with van der Waals surface area (Å²) in [4.78, 5) is 26.9. The second-order valence-electron chi connectivity index (χ2n) is 6.20. The molecule has 0 aliphatic carbocycles. The Hall–Kier alpha value is -2.30. The highest BCUT2D eigenvalue weighted by molar-refractivity contribution is 6.03. The van der Waals surface area contributed by atoms with Crippen LogP contribution in [0.2, 0.25) is 0 Å². The van der Waals surface area contributed by atoms with Crippen molar-refractivity contribution < 1.29 is 14.3 Å². The molecule has 2 aromatic rings. The second kappa shape index (κ2) is 6.07. The molecule has 3 rings (SSSR count). The minimum atomic E-state index is -0.126. The predicted octanol–water partition coefficient (Wildman–Crippen LogP) is 2.94. The van der Waals surface area contributed by atoms with Gasteiger partial charge in [-0.15, -0.1) is 0 Å². The number of nitrogens with one attached hydrogen (secondary N) is 2. The van der Waals surface area contributed by atoms with Gasteiger partial charge < -0.3 is 19.8 Å². The monoisotopic (exact) mass is 314 g/mol. The number of ketones is 1. The number of fused-ring (bicyclic) bond motifs is 3. The van der Waals surface area contributed by atoms with Gasteiger partial charge in [0.25, 0.3) is 5.91 Å². The van der Waals surface area contributed by atoms with Gasteiger partial charge >= 0.3 is 0 Å². The molecule has 5 nitrogen and oxygen atoms in total. The van der Waals surface area contributed by atoms with Crippen LogP contribution in [0.4, 0.5) is 0 Å². The van der Waals surface area contributed by atoms with Crippen LogP contribution in [-0.2, 0) is 11.2 Å². The van der Waals surface area contributed by atoms with Gasteiger partial charge in [-0.3, -0.25) is 4.79 Å². The Morgan fingerprint density at radius 1 is 1.39 bits per heavy atom. The maximum atomic E-state index is 12.3. The Morgan fingerprint density at radius 2 is 2.17 bits per heavy atom. The maximum absolute atomic E-state index is 12.3. The molecular formula is C18H22N2O3. The Labute approximate surface area is 135 Å². The standard InChI is InChI=1S/C18H22N2O3/c1-10(4-5-11(2)21)15-16-12-8-9-23-14(12)7-6-13(16)20-17(15)18(22)19-3/h6-7,10,20H,4-5,8-9H2,1-3H3,(H,19,22)/t10-/m0/s1. The van der Waals surface area contributed by atoms with Crippen molar-refractivity contribution in [3.63, 3.8) is 0 Å². The fourth-order valence-electron chi connectivity index (χ4n) is 3.37. The molecule has 122 valence electrons. The van der Waals surface area contributed by atoms with Crippen molar-refractivity contribution in [2.75, 3.05) is 13.7 Å². The zero-order valence-corrected chi connectivity index (χ0v) is 13.8. The van der Waals surface area contributed by atoms with E-state index >= 15 is 0 Å². The van der Waals surface area contributed by atoms with Gasteiger partial charge in [-0.05, 0) is 37.0 Å². The van der Waals surface area contributed by atoms with E-state index in [1.807, 2.05) is 12.1 Å². The molecule has 0 fully saturated rings. The Kier molecular flexibility index (Phi) is 4.11. The summed E-state index contributed by atoms with van der Waals surface area (Å²) in [6.07, 6.45) is 2.10. The number of carbonyl (C=O) groups is 2. The zero-order chi connectivity index (χ0) is 16.6. The maximum Gasteiger partial charge on any atom is 0.267 e. The van der Waals surface area contributed by atoms with E-state index < -0.39 is 0 Å². The number of benzene rings is 1. The van der Waals surface area contributed by atoms with Crippen molar-refractivity contribution in [3.8, 4) is 5.75 Å². The highest BCUT2D eigenvalue weighted by atomic mass is 16.5. The van der Waals surface area contributed by atoms with Crippen LogP contribution in [0.1, 0.15) is 54.2 Å². The average Bonchev–Trinajstić information content (AvgIpc) is 3.14. The molecule has 0 saturated carbocycles. The minimum absolute atomic E-state index is 0.118. The van der Waals surface area contributed by atoms with E-state index in [1.54, 1.807) is 14.0 Å². The first kappa shape index (κ1) is 15.6. The van der Waals surface area contributed by atoms with Crippen LogP contribution in [-0.4, -0.2) is 30.3 Å². The minimum Gasteiger partial charge on any atom is -0.493 e. The third-order valence-electron chi connectivity index (χ3n) is 4.55. The fourth-order valence-corrected chi connectivity index (χ4v) is 3.37. The first-order valence-electron chi connectivity index (χ1n) is 8.04. The molecule has 2 N–H and O–H groups in total. The molecule has 5 heteroatoms. The van der Waals surface area contributed by atoms with E-state index in [-0.39, 0.29) is 17.6 Å². The average molecular weight is 314 g/mol. The summed E-state index contributed by atoms with van der Waals surface area (Å²) >= 11 is 0. The molecular weight excluding hydrogens is 292 g/mol. The van der Waals surface area contributed by atoms with E-state index in [4.69, 9.17) is 4.74 Å². The number of hydrogen-bond donors (Lipinski definition) is 2. The van der Waals surface area contributed by atoms with Crippen molar-refractivity contribution in [3.05, 3.63) is 29.0 Å². The molecule has 0 unspecified atom stereocenters. The van der Waals surface area contributed by atoms with Gasteiger partial charge in [-0.25, -0.2) is 0 Å². The third kappa shape index (κ3) is 2.71. The van der Waals surface area contributed by atoms with Crippen molar-refractivity contribution in [2.45, 2.75) is 39.0 Å². The van der Waals surface area contributed by atoms with Gasteiger partial charge in [0, 0.05) is 36.4 Å². The van der Waals surface area contributed by atoms with Crippen molar-refractivity contribution in [1.29, 1.82) is 0 Å². The van der Waals surface area contributed by atoms with Crippen molar-refractivity contribution >= 4 is 22.6 Å². The number of amides is 1. The van der Waals surface area contributed by atoms with Crippen molar-refractivity contribution in [1.82, 2.24) is 10.3 Å². The van der Waals surface area contributed by atoms with Gasteiger partial charge in [0.2, 0.25) is 0 Å². The molecule has 1 atom stereocenters. The molecule has 1 aliphatic heterocycles. The topological polar surface area (TPSA) is 71.2 Å². The largest absolute Gasteiger partial charge is 0.493 e. The summed E-state index contributed by atoms with van der Waals surface area (Å²) < 4.78 is 5.67. The van der Waals surface area contributed by atoms with Gasteiger partial charge in [-0.1, -0.05) is 6.92 Å². The number of rotatable bonds is 5. The number of hydrogen-bond acceptors (Lipinski definition) is 3. The zero-order valence-electron chi connectivity index (χ0n) is 13.8. The molecule has 1 aromatic carbocycles. The number of Topliss-reactive ketones (excluding diaryl/α,β-unsaturated/α-hetero) is 1. The van der Waals surface area contributed by atoms with Crippen LogP contribution in [0.5, 0.6) is 5.75 Å². The molecule has 23 heavy (non-hydrogen) atoms. The normalized spacial score (nSPS) is 14.4. The number of aromatic nitrogens is 1. The lowest BCUT2D eigenvalue weighted by Crippen LogP contribution is -2.20. The summed E-state index contributed by atoms with van der Waals surface area (Å²) in [6, 6.07) is 3.92. The summed E-state index contributed by atoms with van der Waals surface area (Å²) in [5.41, 5.74) is 3.72. The highest BCUT2D eigenvalue weighted by Gasteiger charge is 2.26. The number of carbonyl (C=O) groups excluding carboxylic acids is 2. The van der Waals surface area contributed by atoms with Crippen LogP contribution < -0.4 is 10.1 Å². The van der Waals surface area contributed by atoms with Crippen molar-refractivity contribution in [2.24, 2.45) is 0 Å². The summed E-state index contributed by atoms with van der Waals surface area (Å²) in [5, 5.41) is 3.79. The summed E-state index contributed by atoms with van der Waals surface area (Å²) in [7, 11) is 1.63. The molecule has 1 amide bonds. The lowest BCUT2D eigenvalue weighted by Gasteiger charge is -2.13. The van der Waals surface area contributed by atoms with E-state index in [9.17, 15) is 9.59 Å². The van der Waals surface area contributed by atoms with Crippen LogP contribution in [0.15, 0.2) is 12.1 Å². The third-order valence-corrected chi connectivity index (χ3v) is 4.55. The lowest BCUT2D eigenvalue weighted by molar-refractivity contribution is -0.117. The van der Waals surface area contributed by atoms with Crippen LogP contribution in [0.25, 0.3) is 10.9 Å². The SMILES string of the molecule is CNC(=O)c1[nH]c2ccc3c(c2c1[C@@H](C)CCC(C)=O)CCO3. The molecule has 0 saturated heterocycles. The van der Waals surface area contributed by atoms with Crippen LogP contribution >= 0.6 is 0 Å². The molecule has 1 aromatic heterocycles. The lowest BCUT2D eigenvalue weighted by atomic mass is 9.90. The van der Waals surface area contributed by atoms with E-state index in [1.165, 1.54) is 5.56 Å². The van der Waals surface area contributed by atoms with Gasteiger partial charge in [0.1, 0.15) is 17.2 Å². The Balaban J connectivity index is 2.16.